The Kier molecular flexibility index (Phi) is 6.78. The molecule has 0 radical (unpaired) electrons. The Hall–Kier alpha value is -8.14. The first-order valence-corrected chi connectivity index (χ1v) is 27.7. The zero-order valence-electron chi connectivity index (χ0n) is 39.8. The van der Waals surface area contributed by atoms with Gasteiger partial charge in [-0.05, 0) is 107 Å². The molecule has 0 amide bonds. The third-order valence-corrected chi connectivity index (χ3v) is 22.5. The highest BCUT2D eigenvalue weighted by Crippen LogP contribution is 2.63. The van der Waals surface area contributed by atoms with E-state index in [0.717, 1.165) is 44.5 Å². The van der Waals surface area contributed by atoms with E-state index in [2.05, 4.69) is 228 Å². The molecule has 0 spiro atoms. The lowest BCUT2D eigenvalue weighted by Crippen LogP contribution is -2.27. The van der Waals surface area contributed by atoms with Crippen LogP contribution in [0.3, 0.4) is 0 Å². The van der Waals surface area contributed by atoms with Crippen LogP contribution in [0.25, 0.3) is 131 Å². The van der Waals surface area contributed by atoms with E-state index in [1.807, 2.05) is 0 Å². The van der Waals surface area contributed by atoms with Gasteiger partial charge in [-0.3, -0.25) is 0 Å². The van der Waals surface area contributed by atoms with Gasteiger partial charge in [0.05, 0.1) is 76.0 Å². The van der Waals surface area contributed by atoms with E-state index in [4.69, 9.17) is 8.83 Å². The van der Waals surface area contributed by atoms with Crippen molar-refractivity contribution in [1.29, 1.82) is 0 Å². The number of hydrogen-bond acceptors (Lipinski definition) is 2. The summed E-state index contributed by atoms with van der Waals surface area (Å²) in [6, 6.07) is 68.2. The van der Waals surface area contributed by atoms with Gasteiger partial charge in [-0.25, -0.2) is 0 Å². The van der Waals surface area contributed by atoms with Crippen LogP contribution in [0, 0.1) is 0 Å². The van der Waals surface area contributed by atoms with Crippen LogP contribution < -0.4 is 0 Å². The molecule has 16 aromatic rings. The van der Waals surface area contributed by atoms with Crippen molar-refractivity contribution in [2.24, 2.45) is 0 Å². The molecule has 6 aromatic heterocycles. The summed E-state index contributed by atoms with van der Waals surface area (Å²) >= 11 is 0. The molecule has 18 rings (SSSR count). The quantitative estimate of drug-likeness (QED) is 0.128. The summed E-state index contributed by atoms with van der Waals surface area (Å²) < 4.78 is 25.4. The van der Waals surface area contributed by atoms with Crippen molar-refractivity contribution in [3.05, 3.63) is 204 Å². The van der Waals surface area contributed by atoms with Crippen molar-refractivity contribution < 1.29 is 8.83 Å². The van der Waals surface area contributed by atoms with Gasteiger partial charge in [0.1, 0.15) is 22.3 Å². The second kappa shape index (κ2) is 12.7. The van der Waals surface area contributed by atoms with Gasteiger partial charge in [0, 0.05) is 43.2 Å². The largest absolute Gasteiger partial charge is 0.455 e. The molecule has 10 aromatic carbocycles. The Morgan fingerprint density at radius 1 is 0.319 bits per heavy atom. The molecule has 8 heterocycles. The molecule has 0 fully saturated rings. The maximum Gasteiger partial charge on any atom is 0.141 e. The summed E-state index contributed by atoms with van der Waals surface area (Å²) in [6.07, 6.45) is 0. The molecule has 6 nitrogen and oxygen atoms in total. The first kappa shape index (κ1) is 38.6. The van der Waals surface area contributed by atoms with Crippen LogP contribution in [0.15, 0.2) is 191 Å². The number of benzene rings is 10. The number of aromatic nitrogens is 4. The second-order valence-corrected chi connectivity index (χ2v) is 25.3. The van der Waals surface area contributed by atoms with Crippen LogP contribution in [-0.4, -0.2) is 18.3 Å². The van der Waals surface area contributed by atoms with Gasteiger partial charge in [-0.15, -0.1) is 0 Å². The predicted molar refractivity (Wildman–Crippen MR) is 301 cm³/mol. The summed E-state index contributed by atoms with van der Waals surface area (Å²) in [7, 11) is -2.19. The van der Waals surface area contributed by atoms with E-state index < -0.39 is 14.7 Å². The monoisotopic (exact) mass is 960 g/mol. The van der Waals surface area contributed by atoms with Gasteiger partial charge in [0.2, 0.25) is 0 Å². The molecule has 0 saturated heterocycles. The molecule has 8 heteroatoms. The van der Waals surface area contributed by atoms with Gasteiger partial charge >= 0.3 is 0 Å². The Labute approximate surface area is 413 Å². The molecule has 340 valence electrons. The van der Waals surface area contributed by atoms with Crippen LogP contribution in [0.1, 0.15) is 49.9 Å². The number of rotatable bonds is 2. The van der Waals surface area contributed by atoms with E-state index in [0.29, 0.717) is 0 Å². The highest BCUT2D eigenvalue weighted by Gasteiger charge is 2.39. The summed E-state index contributed by atoms with van der Waals surface area (Å²) in [5, 5.41) is 10.2. The van der Waals surface area contributed by atoms with Gasteiger partial charge < -0.3 is 27.1 Å². The molecular formula is C64H42N4O2P2. The first-order chi connectivity index (χ1) is 35.3. The zero-order chi connectivity index (χ0) is 47.3. The SMILES string of the molecule is CC1(C)c2ccccc2-n2c3cccc4c3p3c5c(ccc1c52)oc1cc2c(cc5oc6ccc7c8c6p6c9c(cccc9n(-c9ccccc9)c2c56)n8-c2ccccc2C7(C)C)c(c13)n4-c1ccccc1. The molecule has 2 atom stereocenters. The zero-order valence-corrected chi connectivity index (χ0v) is 41.6. The maximum absolute atomic E-state index is 7.57. The lowest BCUT2D eigenvalue weighted by Gasteiger charge is -2.38. The minimum atomic E-state index is -1.09. The van der Waals surface area contributed by atoms with E-state index in [9.17, 15) is 0 Å². The van der Waals surface area contributed by atoms with Crippen molar-refractivity contribution in [1.82, 2.24) is 18.3 Å². The molecular weight excluding hydrogens is 919 g/mol. The average Bonchev–Trinajstić information content (AvgIpc) is 3.41. The second-order valence-electron chi connectivity index (χ2n) is 21.3. The molecule has 0 N–H and O–H groups in total. The summed E-state index contributed by atoms with van der Waals surface area (Å²) in [6.45, 7) is 9.57. The molecule has 2 unspecified atom stereocenters. The number of para-hydroxylation sites is 4. The fourth-order valence-corrected chi connectivity index (χ4v) is 20.2. The molecule has 72 heavy (non-hydrogen) atoms. The fraction of sp³-hybridized carbons (Fsp3) is 0.0938. The van der Waals surface area contributed by atoms with Crippen LogP contribution in [0.2, 0.25) is 0 Å². The van der Waals surface area contributed by atoms with Crippen LogP contribution in [-0.2, 0) is 10.8 Å². The van der Waals surface area contributed by atoms with Crippen molar-refractivity contribution in [3.63, 3.8) is 0 Å². The van der Waals surface area contributed by atoms with Crippen LogP contribution in [0.5, 0.6) is 0 Å². The smallest absolute Gasteiger partial charge is 0.141 e. The molecule has 0 aliphatic carbocycles. The maximum atomic E-state index is 7.57. The number of fused-ring (bicyclic) bond motifs is 9. The normalized spacial score (nSPS) is 15.4. The summed E-state index contributed by atoms with van der Waals surface area (Å²) in [5.41, 5.74) is 23.2. The third-order valence-electron chi connectivity index (χ3n) is 17.1. The minimum Gasteiger partial charge on any atom is -0.455 e. The van der Waals surface area contributed by atoms with Crippen LogP contribution >= 0.6 is 14.7 Å². The molecule has 2 aliphatic rings. The Morgan fingerprint density at radius 3 is 1.12 bits per heavy atom. The fourth-order valence-electron chi connectivity index (χ4n) is 14.1. The highest BCUT2D eigenvalue weighted by molar-refractivity contribution is 7.64. The lowest BCUT2D eigenvalue weighted by atomic mass is 9.75. The van der Waals surface area contributed by atoms with Gasteiger partial charge in [0.25, 0.3) is 0 Å². The van der Waals surface area contributed by atoms with Crippen molar-refractivity contribution in [2.45, 2.75) is 38.5 Å². The van der Waals surface area contributed by atoms with Crippen molar-refractivity contribution in [3.8, 4) is 22.7 Å². The van der Waals surface area contributed by atoms with Gasteiger partial charge in [-0.2, -0.15) is 0 Å². The Bertz CT molecular complexity index is 4830. The van der Waals surface area contributed by atoms with Gasteiger partial charge in [-0.1, -0.05) is 139 Å². The number of hydrogen-bond donors (Lipinski definition) is 0. The van der Waals surface area contributed by atoms with Crippen LogP contribution in [0.4, 0.5) is 0 Å². The third kappa shape index (κ3) is 4.26. The average molecular weight is 961 g/mol. The standard InChI is InChI=1S/C64H42N4O2P2/c1-63(2)39-21-11-13-23-43(39)67-47-27-15-25-45-57(47)71-59-49(31-29-41(63)55(59)67)69-51-33-38-37(53(61(51)71)65(45)35-17-7-5-8-18-35)34-52-62-54(38)66(36-19-9-6-10-20-36)46-26-16-28-48-58(46)72(62)60-50(70-52)32-30-42-56(60)68(48)44-24-14-12-22-40(44)64(42,3)4/h5-34H,1-4H3. The van der Waals surface area contributed by atoms with Gasteiger partial charge in [0.15, 0.2) is 0 Å². The molecule has 2 aliphatic heterocycles. The molecule has 0 bridgehead atoms. The minimum absolute atomic E-state index is 0.219. The summed E-state index contributed by atoms with van der Waals surface area (Å²) in [4.78, 5) is 0. The first-order valence-electron chi connectivity index (χ1n) is 25.0. The predicted octanol–water partition coefficient (Wildman–Crippen LogP) is 18.6. The number of nitrogens with zero attached hydrogens (tertiary/aromatic N) is 4. The lowest BCUT2D eigenvalue weighted by molar-refractivity contribution is 0.627. The summed E-state index contributed by atoms with van der Waals surface area (Å²) in [5.74, 6) is 0. The van der Waals surface area contributed by atoms with Crippen molar-refractivity contribution >= 4 is 123 Å². The van der Waals surface area contributed by atoms with E-state index in [1.54, 1.807) is 0 Å². The van der Waals surface area contributed by atoms with E-state index in [-0.39, 0.29) is 10.8 Å². The van der Waals surface area contributed by atoms with Crippen molar-refractivity contribution in [2.75, 3.05) is 0 Å². The highest BCUT2D eigenvalue weighted by atomic mass is 31.1. The molecule has 0 saturated carbocycles. The Morgan fingerprint density at radius 2 is 0.694 bits per heavy atom. The topological polar surface area (TPSA) is 46.0 Å². The van der Waals surface area contributed by atoms with E-state index >= 15 is 0 Å². The van der Waals surface area contributed by atoms with E-state index in [1.165, 1.54) is 108 Å². The Balaban J connectivity index is 1.14.